The van der Waals surface area contributed by atoms with Gasteiger partial charge < -0.3 is 35.8 Å². The minimum Gasteiger partial charge on any atom is -0.496 e. The van der Waals surface area contributed by atoms with Crippen molar-refractivity contribution in [2.45, 2.75) is 128 Å². The SMILES string of the molecule is COc1c(C)cc(C2=NO[C@]3(C2)C[C@@H](C(=O)N[C@@H](CC2CC2)C(=O)C(N)=O)N(C(O)[C@@H](NC(=O)OC2CCCC2)C(C)(C)C)C3)cc1C. The van der Waals surface area contributed by atoms with Crippen molar-refractivity contribution >= 4 is 29.4 Å². The molecule has 2 heterocycles. The van der Waals surface area contributed by atoms with Gasteiger partial charge in [0.05, 0.1) is 30.9 Å². The molecule has 13 heteroatoms. The second-order valence-corrected chi connectivity index (χ2v) is 15.2. The number of ketones is 1. The Balaban J connectivity index is 1.41. The molecule has 2 saturated carbocycles. The van der Waals surface area contributed by atoms with Crippen LogP contribution in [0.2, 0.25) is 0 Å². The standard InChI is InChI=1S/C35H51N5O8/c1-19-13-22(14-20(2)28(19)46-6)25-16-35(48-39-25)17-26(31(43)37-24(15-21-11-12-21)27(41)30(36)42)40(18-35)32(44)29(34(3,4)5)38-33(45)47-23-9-7-8-10-23/h13-14,21,23-24,26,29,32,44H,7-12,15-18H2,1-6H3,(H2,36,42)(H,37,43)(H,38,45)/t24-,26-,29+,32?,35+/m0/s1. The van der Waals surface area contributed by atoms with Crippen molar-refractivity contribution in [1.29, 1.82) is 0 Å². The first kappa shape index (κ1) is 35.6. The Morgan fingerprint density at radius 1 is 1.10 bits per heavy atom. The lowest BCUT2D eigenvalue weighted by atomic mass is 9.85. The first-order valence-corrected chi connectivity index (χ1v) is 17.1. The summed E-state index contributed by atoms with van der Waals surface area (Å²) in [4.78, 5) is 59.5. The number of aliphatic hydroxyl groups is 1. The van der Waals surface area contributed by atoms with Gasteiger partial charge >= 0.3 is 6.09 Å². The number of amides is 3. The molecule has 1 unspecified atom stereocenters. The number of oxime groups is 1. The van der Waals surface area contributed by atoms with Gasteiger partial charge in [-0.25, -0.2) is 4.79 Å². The normalized spacial score (nSPS) is 24.8. The van der Waals surface area contributed by atoms with Crippen molar-refractivity contribution in [3.63, 3.8) is 0 Å². The number of hydrogen-bond donors (Lipinski definition) is 4. The molecule has 0 aromatic heterocycles. The van der Waals surface area contributed by atoms with E-state index >= 15 is 0 Å². The quantitative estimate of drug-likeness (QED) is 0.243. The molecule has 48 heavy (non-hydrogen) atoms. The summed E-state index contributed by atoms with van der Waals surface area (Å²) in [5.74, 6) is -1.49. The molecule has 1 saturated heterocycles. The molecule has 3 fully saturated rings. The molecule has 13 nitrogen and oxygen atoms in total. The molecule has 1 aromatic carbocycles. The summed E-state index contributed by atoms with van der Waals surface area (Å²) < 4.78 is 11.2. The maximum atomic E-state index is 14.1. The van der Waals surface area contributed by atoms with Gasteiger partial charge in [0.25, 0.3) is 5.91 Å². The van der Waals surface area contributed by atoms with Crippen LogP contribution in [0.15, 0.2) is 17.3 Å². The lowest BCUT2D eigenvalue weighted by Crippen LogP contribution is -2.61. The molecule has 0 radical (unpaired) electrons. The number of hydrogen-bond acceptors (Lipinski definition) is 10. The lowest BCUT2D eigenvalue weighted by molar-refractivity contribution is -0.140. The van der Waals surface area contributed by atoms with Crippen molar-refractivity contribution in [3.05, 3.63) is 28.8 Å². The molecule has 5 atom stereocenters. The zero-order valence-corrected chi connectivity index (χ0v) is 29.0. The van der Waals surface area contributed by atoms with Crippen molar-refractivity contribution in [3.8, 4) is 5.75 Å². The van der Waals surface area contributed by atoms with E-state index < -0.39 is 59.1 Å². The Morgan fingerprint density at radius 2 is 1.75 bits per heavy atom. The zero-order chi connectivity index (χ0) is 35.0. The van der Waals surface area contributed by atoms with Crippen LogP contribution in [0.1, 0.15) is 95.2 Å². The van der Waals surface area contributed by atoms with Crippen LogP contribution in [0.3, 0.4) is 0 Å². The van der Waals surface area contributed by atoms with E-state index in [0.717, 1.165) is 61.0 Å². The van der Waals surface area contributed by atoms with E-state index in [2.05, 4.69) is 15.8 Å². The molecule has 2 aliphatic carbocycles. The molecular weight excluding hydrogens is 618 g/mol. The monoisotopic (exact) mass is 669 g/mol. The van der Waals surface area contributed by atoms with Crippen LogP contribution in [0.5, 0.6) is 5.75 Å². The minimum atomic E-state index is -1.34. The van der Waals surface area contributed by atoms with Crippen molar-refractivity contribution in [1.82, 2.24) is 15.5 Å². The third-order valence-electron chi connectivity index (χ3n) is 10.1. The Bertz CT molecular complexity index is 1420. The predicted octanol–water partition coefficient (Wildman–Crippen LogP) is 2.99. The number of alkyl carbamates (subject to hydrolysis) is 1. The van der Waals surface area contributed by atoms with Crippen molar-refractivity contribution in [2.24, 2.45) is 22.2 Å². The predicted molar refractivity (Wildman–Crippen MR) is 177 cm³/mol. The summed E-state index contributed by atoms with van der Waals surface area (Å²) in [6.45, 7) is 9.68. The van der Waals surface area contributed by atoms with E-state index in [4.69, 9.17) is 20.0 Å². The van der Waals surface area contributed by atoms with Crippen LogP contribution in [-0.2, 0) is 24.0 Å². The highest BCUT2D eigenvalue weighted by Crippen LogP contribution is 2.42. The van der Waals surface area contributed by atoms with E-state index in [1.54, 1.807) is 12.0 Å². The average Bonchev–Trinajstić information content (AvgIpc) is 3.37. The second-order valence-electron chi connectivity index (χ2n) is 15.2. The third-order valence-corrected chi connectivity index (χ3v) is 10.1. The largest absolute Gasteiger partial charge is 0.496 e. The average molecular weight is 670 g/mol. The maximum absolute atomic E-state index is 14.1. The Morgan fingerprint density at radius 3 is 2.31 bits per heavy atom. The van der Waals surface area contributed by atoms with Crippen LogP contribution < -0.4 is 21.1 Å². The number of nitrogens with zero attached hydrogens (tertiary/aromatic N) is 2. The Kier molecular flexibility index (Phi) is 10.4. The van der Waals surface area contributed by atoms with Crippen molar-refractivity contribution in [2.75, 3.05) is 13.7 Å². The van der Waals surface area contributed by atoms with Crippen LogP contribution in [0.4, 0.5) is 4.79 Å². The van der Waals surface area contributed by atoms with Gasteiger partial charge in [-0.05, 0) is 80.5 Å². The number of nitrogens with one attached hydrogen (secondary N) is 2. The first-order valence-electron chi connectivity index (χ1n) is 17.1. The number of methoxy groups -OCH3 is 1. The molecule has 3 amide bonds. The van der Waals surface area contributed by atoms with Crippen LogP contribution >= 0.6 is 0 Å². The fourth-order valence-corrected chi connectivity index (χ4v) is 7.41. The van der Waals surface area contributed by atoms with E-state index in [0.29, 0.717) is 18.6 Å². The Labute approximate surface area is 282 Å². The number of likely N-dealkylation sites (tertiary alicyclic amines) is 1. The Hall–Kier alpha value is -3.71. The number of aryl methyl sites for hydroxylation is 2. The molecule has 5 rings (SSSR count). The first-order chi connectivity index (χ1) is 22.6. The van der Waals surface area contributed by atoms with E-state index in [1.807, 2.05) is 46.8 Å². The molecule has 4 aliphatic rings. The number of rotatable bonds is 12. The van der Waals surface area contributed by atoms with Crippen LogP contribution in [-0.4, -0.2) is 89.1 Å². The third kappa shape index (κ3) is 7.94. The number of nitrogens with two attached hydrogens (primary N) is 1. The summed E-state index contributed by atoms with van der Waals surface area (Å²) in [6.07, 6.45) is 4.07. The highest BCUT2D eigenvalue weighted by molar-refractivity contribution is 6.37. The van der Waals surface area contributed by atoms with E-state index in [9.17, 15) is 24.3 Å². The lowest BCUT2D eigenvalue weighted by Gasteiger charge is -2.40. The van der Waals surface area contributed by atoms with E-state index in [-0.39, 0.29) is 25.0 Å². The molecule has 2 aliphatic heterocycles. The number of carbonyl (C=O) groups is 4. The topological polar surface area (TPSA) is 182 Å². The van der Waals surface area contributed by atoms with Crippen molar-refractivity contribution < 1.29 is 38.6 Å². The van der Waals surface area contributed by atoms with Gasteiger partial charge in [0, 0.05) is 24.9 Å². The summed E-state index contributed by atoms with van der Waals surface area (Å²) in [7, 11) is 1.63. The fourth-order valence-electron chi connectivity index (χ4n) is 7.41. The van der Waals surface area contributed by atoms with Gasteiger partial charge in [-0.1, -0.05) is 38.8 Å². The van der Waals surface area contributed by atoms with Gasteiger partial charge in [-0.3, -0.25) is 19.3 Å². The van der Waals surface area contributed by atoms with E-state index in [1.165, 1.54) is 0 Å². The molecule has 264 valence electrons. The molecule has 0 bridgehead atoms. The van der Waals surface area contributed by atoms with Gasteiger partial charge in [-0.15, -0.1) is 0 Å². The summed E-state index contributed by atoms with van der Waals surface area (Å²) in [5.41, 5.74) is 7.16. The minimum absolute atomic E-state index is 0.108. The highest BCUT2D eigenvalue weighted by Gasteiger charge is 2.56. The summed E-state index contributed by atoms with van der Waals surface area (Å²) in [5, 5.41) is 22.2. The molecule has 1 aromatic rings. The number of aliphatic hydroxyl groups excluding tert-OH is 1. The van der Waals surface area contributed by atoms with Gasteiger partial charge in [0.15, 0.2) is 5.60 Å². The van der Waals surface area contributed by atoms with Gasteiger partial charge in [0.2, 0.25) is 11.7 Å². The van der Waals surface area contributed by atoms with Crippen LogP contribution in [0.25, 0.3) is 0 Å². The number of Topliss-reactive ketones (excluding diaryl/α,β-unsaturated/α-hetero) is 1. The second kappa shape index (κ2) is 14.0. The smallest absolute Gasteiger partial charge is 0.407 e. The number of carbonyl (C=O) groups excluding carboxylic acids is 4. The maximum Gasteiger partial charge on any atom is 0.407 e. The molecule has 1 spiro atoms. The summed E-state index contributed by atoms with van der Waals surface area (Å²) in [6, 6.07) is 1.06. The fraction of sp³-hybridized carbons (Fsp3) is 0.686. The van der Waals surface area contributed by atoms with Gasteiger partial charge in [-0.2, -0.15) is 0 Å². The number of benzene rings is 1. The highest BCUT2D eigenvalue weighted by atomic mass is 16.7. The van der Waals surface area contributed by atoms with Gasteiger partial charge in [0.1, 0.15) is 18.1 Å². The molecular formula is C35H51N5O8. The van der Waals surface area contributed by atoms with Crippen LogP contribution in [0, 0.1) is 25.2 Å². The molecule has 5 N–H and O–H groups in total. The number of primary amides is 1. The number of ether oxygens (including phenoxy) is 2. The summed E-state index contributed by atoms with van der Waals surface area (Å²) >= 11 is 0. The zero-order valence-electron chi connectivity index (χ0n) is 29.0.